The molecule has 59 heavy (non-hydrogen) atoms. The van der Waals surface area contributed by atoms with Crippen molar-refractivity contribution in [3.05, 3.63) is 130 Å². The van der Waals surface area contributed by atoms with Gasteiger partial charge in [0.05, 0.1) is 52.3 Å². The molecular weight excluding hydrogens is 811 g/mol. The fourth-order valence-corrected chi connectivity index (χ4v) is 9.49. The third kappa shape index (κ3) is 6.30. The van der Waals surface area contributed by atoms with Crippen LogP contribution in [0.3, 0.4) is 0 Å². The Morgan fingerprint density at radius 1 is 0.847 bits per heavy atom. The molecule has 2 heterocycles. The highest BCUT2D eigenvalue weighted by Gasteiger charge is 2.71. The van der Waals surface area contributed by atoms with Crippen molar-refractivity contribution in [2.45, 2.75) is 43.5 Å². The lowest BCUT2D eigenvalue weighted by Gasteiger charge is -2.50. The molecule has 0 unspecified atom stereocenters. The SMILES string of the molecule is CCOc1cccc([C@H]2C3=CC[C@@H]4C(=O)N(c5cc(C(F)(F)F)cc(C(F)(F)F)c5)C(=O)[C@@H]4[C@@H]3C[C@H]3C(=O)N(Nc4ccc(F)cc4)C(=O)[C@@]23c2ccc(Cl)cc2)c1O. The first-order valence-electron chi connectivity index (χ1n) is 18.4. The lowest BCUT2D eigenvalue weighted by atomic mass is 9.49. The summed E-state index contributed by atoms with van der Waals surface area (Å²) in [5, 5.41) is 12.9. The molecule has 2 N–H and O–H groups in total. The minimum Gasteiger partial charge on any atom is -0.504 e. The molecule has 4 aliphatic rings. The average Bonchev–Trinajstić information content (AvgIpc) is 3.56. The van der Waals surface area contributed by atoms with E-state index >= 15 is 4.79 Å². The third-order valence-corrected chi connectivity index (χ3v) is 12.0. The van der Waals surface area contributed by atoms with E-state index in [1.807, 2.05) is 0 Å². The number of hydrogen-bond acceptors (Lipinski definition) is 7. The second-order valence-corrected chi connectivity index (χ2v) is 15.2. The standard InChI is InChI=1S/C42H31ClF7N3O6/c1-2-59-32-5-3-4-29(35(32)54)34-27-14-15-28-33(38(57)52(36(28)55)26-17-21(41(45,46)47)16-22(18-26)42(48,49)50)30(27)19-31-37(56)53(51-25-12-10-24(44)11-13-25)39(58)40(31,34)20-6-8-23(43)9-7-20/h3-14,16-18,28,30-31,33-34,51,54H,2,15,19H2,1H3/t28-,30+,31-,33-,34+,40+/m0/s1. The topological polar surface area (TPSA) is 116 Å². The van der Waals surface area contributed by atoms with Crippen LogP contribution >= 0.6 is 11.6 Å². The number of halogens is 8. The van der Waals surface area contributed by atoms with Gasteiger partial charge in [0, 0.05) is 16.5 Å². The number of benzene rings is 4. The number of phenolic OH excluding ortho intramolecular Hbond substituents is 1. The molecule has 2 saturated heterocycles. The van der Waals surface area contributed by atoms with Crippen molar-refractivity contribution >= 4 is 46.6 Å². The largest absolute Gasteiger partial charge is 0.504 e. The van der Waals surface area contributed by atoms with E-state index in [4.69, 9.17) is 16.3 Å². The first kappa shape index (κ1) is 39.9. The highest BCUT2D eigenvalue weighted by molar-refractivity contribution is 6.30. The van der Waals surface area contributed by atoms with Crippen molar-refractivity contribution in [1.29, 1.82) is 0 Å². The van der Waals surface area contributed by atoms with Crippen molar-refractivity contribution in [3.63, 3.8) is 0 Å². The molecule has 9 nitrogen and oxygen atoms in total. The Bertz CT molecular complexity index is 2410. The number of aromatic hydroxyl groups is 1. The highest BCUT2D eigenvalue weighted by atomic mass is 35.5. The number of fused-ring (bicyclic) bond motifs is 4. The van der Waals surface area contributed by atoms with Gasteiger partial charge in [-0.3, -0.25) is 24.6 Å². The number of hydrogen-bond donors (Lipinski definition) is 2. The lowest BCUT2D eigenvalue weighted by Crippen LogP contribution is -2.53. The fraction of sp³-hybridized carbons (Fsp3) is 0.286. The first-order valence-corrected chi connectivity index (χ1v) is 18.7. The molecule has 4 amide bonds. The minimum atomic E-state index is -5.27. The quantitative estimate of drug-likeness (QED) is 0.109. The molecule has 0 aromatic heterocycles. The van der Waals surface area contributed by atoms with Gasteiger partial charge in [-0.25, -0.2) is 9.29 Å². The maximum atomic E-state index is 15.3. The predicted octanol–water partition coefficient (Wildman–Crippen LogP) is 8.81. The van der Waals surface area contributed by atoms with Crippen molar-refractivity contribution in [1.82, 2.24) is 5.01 Å². The number of amides is 4. The molecule has 3 fully saturated rings. The van der Waals surface area contributed by atoms with Crippen LogP contribution in [0.2, 0.25) is 5.02 Å². The number of anilines is 2. The van der Waals surface area contributed by atoms with E-state index in [2.05, 4.69) is 5.43 Å². The highest BCUT2D eigenvalue weighted by Crippen LogP contribution is 2.65. The number of imide groups is 2. The molecule has 1 saturated carbocycles. The summed E-state index contributed by atoms with van der Waals surface area (Å²) >= 11 is 6.30. The summed E-state index contributed by atoms with van der Waals surface area (Å²) in [5.74, 6) is -11.1. The van der Waals surface area contributed by atoms with E-state index in [9.17, 15) is 50.2 Å². The number of carbonyl (C=O) groups is 4. The van der Waals surface area contributed by atoms with Crippen LogP contribution in [-0.4, -0.2) is 40.4 Å². The van der Waals surface area contributed by atoms with E-state index < -0.39 is 99.4 Å². The normalized spacial score (nSPS) is 25.4. The zero-order valence-corrected chi connectivity index (χ0v) is 31.3. The summed E-state index contributed by atoms with van der Waals surface area (Å²) in [7, 11) is 0. The predicted molar refractivity (Wildman–Crippen MR) is 197 cm³/mol. The maximum Gasteiger partial charge on any atom is 0.416 e. The zero-order valence-electron chi connectivity index (χ0n) is 30.6. The number of nitrogens with zero attached hydrogens (tertiary/aromatic N) is 2. The third-order valence-electron chi connectivity index (χ3n) is 11.7. The van der Waals surface area contributed by atoms with Crippen LogP contribution in [0, 0.1) is 29.5 Å². The second kappa shape index (κ2) is 14.1. The van der Waals surface area contributed by atoms with Gasteiger partial charge in [-0.2, -0.15) is 31.4 Å². The molecule has 6 atom stereocenters. The molecule has 0 radical (unpaired) electrons. The van der Waals surface area contributed by atoms with E-state index in [0.29, 0.717) is 22.6 Å². The van der Waals surface area contributed by atoms with Crippen LogP contribution in [0.15, 0.2) is 96.6 Å². The number of allylic oxidation sites excluding steroid dienone is 2. The Labute approximate surface area is 336 Å². The van der Waals surface area contributed by atoms with E-state index in [0.717, 1.165) is 17.1 Å². The number of nitrogens with one attached hydrogen (secondary N) is 1. The van der Waals surface area contributed by atoms with Crippen molar-refractivity contribution in [2.24, 2.45) is 23.7 Å². The van der Waals surface area contributed by atoms with Crippen LogP contribution in [0.1, 0.15) is 47.9 Å². The zero-order chi connectivity index (χ0) is 42.3. The molecule has 8 rings (SSSR count). The molecule has 2 aliphatic carbocycles. The summed E-state index contributed by atoms with van der Waals surface area (Å²) in [6.07, 6.45) is -9.48. The molecule has 17 heteroatoms. The van der Waals surface area contributed by atoms with Gasteiger partial charge in [-0.1, -0.05) is 47.5 Å². The summed E-state index contributed by atoms with van der Waals surface area (Å²) in [6.45, 7) is 1.79. The Hall–Kier alpha value is -5.90. The molecule has 2 aliphatic heterocycles. The van der Waals surface area contributed by atoms with Crippen molar-refractivity contribution in [2.75, 3.05) is 16.9 Å². The summed E-state index contributed by atoms with van der Waals surface area (Å²) in [5.41, 5.74) is -2.65. The lowest BCUT2D eigenvalue weighted by molar-refractivity contribution is -0.143. The maximum absolute atomic E-state index is 15.3. The molecule has 0 spiro atoms. The molecular formula is C42H31ClF7N3O6. The van der Waals surface area contributed by atoms with Gasteiger partial charge in [-0.15, -0.1) is 0 Å². The van der Waals surface area contributed by atoms with E-state index in [1.54, 1.807) is 31.2 Å². The molecule has 4 aromatic carbocycles. The van der Waals surface area contributed by atoms with Crippen molar-refractivity contribution < 1.29 is 59.8 Å². The van der Waals surface area contributed by atoms with E-state index in [-0.39, 0.29) is 53.1 Å². The molecule has 0 bridgehead atoms. The number of para-hydroxylation sites is 1. The smallest absolute Gasteiger partial charge is 0.416 e. The van der Waals surface area contributed by atoms with Gasteiger partial charge in [0.15, 0.2) is 11.5 Å². The number of ether oxygens (including phenoxy) is 1. The van der Waals surface area contributed by atoms with E-state index in [1.165, 1.54) is 36.4 Å². The number of hydrazine groups is 1. The summed E-state index contributed by atoms with van der Waals surface area (Å²) in [6, 6.07) is 15.9. The molecule has 306 valence electrons. The second-order valence-electron chi connectivity index (χ2n) is 14.8. The Morgan fingerprint density at radius 3 is 2.10 bits per heavy atom. The first-order chi connectivity index (χ1) is 27.9. The van der Waals surface area contributed by atoms with Crippen LogP contribution < -0.4 is 15.1 Å². The van der Waals surface area contributed by atoms with Gasteiger partial charge in [0.2, 0.25) is 11.8 Å². The minimum absolute atomic E-state index is 0.0191. The van der Waals surface area contributed by atoms with Gasteiger partial charge in [0.25, 0.3) is 11.8 Å². The number of carbonyl (C=O) groups excluding carboxylic acids is 4. The van der Waals surface area contributed by atoms with Crippen LogP contribution in [-0.2, 0) is 36.9 Å². The van der Waals surface area contributed by atoms with Gasteiger partial charge in [0.1, 0.15) is 5.82 Å². The Kier molecular flexibility index (Phi) is 9.56. The number of alkyl halides is 6. The number of rotatable bonds is 7. The van der Waals surface area contributed by atoms with Crippen LogP contribution in [0.4, 0.5) is 42.1 Å². The van der Waals surface area contributed by atoms with Gasteiger partial charge < -0.3 is 9.84 Å². The van der Waals surface area contributed by atoms with Gasteiger partial charge in [-0.05, 0) is 91.9 Å². The summed E-state index contributed by atoms with van der Waals surface area (Å²) in [4.78, 5) is 59.1. The Balaban J connectivity index is 1.32. The van der Waals surface area contributed by atoms with Crippen molar-refractivity contribution in [3.8, 4) is 11.5 Å². The monoisotopic (exact) mass is 841 g/mol. The fourth-order valence-electron chi connectivity index (χ4n) is 9.37. The summed E-state index contributed by atoms with van der Waals surface area (Å²) < 4.78 is 103. The average molecular weight is 842 g/mol. The molecule has 4 aromatic rings. The number of phenols is 1. The van der Waals surface area contributed by atoms with Crippen LogP contribution in [0.25, 0.3) is 0 Å². The van der Waals surface area contributed by atoms with Gasteiger partial charge >= 0.3 is 12.4 Å². The van der Waals surface area contributed by atoms with Crippen LogP contribution in [0.5, 0.6) is 11.5 Å². The Morgan fingerprint density at radius 2 is 1.49 bits per heavy atom.